The zero-order valence-corrected chi connectivity index (χ0v) is 22.3. The molecule has 0 radical (unpaired) electrons. The fourth-order valence-electron chi connectivity index (χ4n) is 5.18. The van der Waals surface area contributed by atoms with Crippen molar-refractivity contribution >= 4 is 27.0 Å². The van der Waals surface area contributed by atoms with E-state index in [1.54, 1.807) is 24.3 Å². The molecule has 6 rings (SSSR count). The molecule has 0 atom stereocenters. The Labute approximate surface area is 231 Å². The number of pyridine rings is 1. The van der Waals surface area contributed by atoms with Crippen LogP contribution >= 0.6 is 0 Å². The van der Waals surface area contributed by atoms with Gasteiger partial charge in [-0.2, -0.15) is 4.98 Å². The van der Waals surface area contributed by atoms with E-state index < -0.39 is 21.5 Å². The summed E-state index contributed by atoms with van der Waals surface area (Å²) >= 11 is 0. The summed E-state index contributed by atoms with van der Waals surface area (Å²) in [5.41, 5.74) is 4.52. The predicted octanol–water partition coefficient (Wildman–Crippen LogP) is 5.98. The maximum Gasteiger partial charge on any atom is 0.405 e. The molecule has 1 aliphatic rings. The van der Waals surface area contributed by atoms with Gasteiger partial charge in [-0.05, 0) is 42.0 Å². The molecule has 1 saturated carbocycles. The van der Waals surface area contributed by atoms with Crippen LogP contribution in [0, 0.1) is 0 Å². The van der Waals surface area contributed by atoms with Crippen molar-refractivity contribution in [2.24, 2.45) is 0 Å². The minimum Gasteiger partial charge on any atom is -0.465 e. The van der Waals surface area contributed by atoms with E-state index in [-0.39, 0.29) is 16.6 Å². The first-order valence-electron chi connectivity index (χ1n) is 12.9. The summed E-state index contributed by atoms with van der Waals surface area (Å²) in [7, 11) is -3.79. The van der Waals surface area contributed by atoms with Crippen LogP contribution in [0.15, 0.2) is 102 Å². The summed E-state index contributed by atoms with van der Waals surface area (Å²) in [4.78, 5) is 24.9. The number of amides is 1. The maximum atomic E-state index is 13.1. The van der Waals surface area contributed by atoms with Crippen molar-refractivity contribution in [3.63, 3.8) is 0 Å². The van der Waals surface area contributed by atoms with Crippen molar-refractivity contribution < 1.29 is 18.3 Å². The van der Waals surface area contributed by atoms with Gasteiger partial charge in [-0.3, -0.25) is 0 Å². The Hall–Kier alpha value is -4.63. The first-order chi connectivity index (χ1) is 19.3. The van der Waals surface area contributed by atoms with Gasteiger partial charge in [0.15, 0.2) is 5.65 Å². The predicted molar refractivity (Wildman–Crippen MR) is 152 cm³/mol. The molecule has 1 aliphatic carbocycles. The van der Waals surface area contributed by atoms with Crippen LogP contribution < -0.4 is 5.32 Å². The normalized spacial score (nSPS) is 14.4. The van der Waals surface area contributed by atoms with Gasteiger partial charge in [0.25, 0.3) is 0 Å². The van der Waals surface area contributed by atoms with E-state index in [1.807, 2.05) is 66.7 Å². The van der Waals surface area contributed by atoms with Crippen molar-refractivity contribution in [3.8, 4) is 22.4 Å². The summed E-state index contributed by atoms with van der Waals surface area (Å²) in [5.74, 6) is -0.206. The van der Waals surface area contributed by atoms with E-state index in [9.17, 15) is 18.3 Å². The number of hydrogen-bond donors (Lipinski definition) is 2. The molecule has 0 spiro atoms. The highest BCUT2D eigenvalue weighted by atomic mass is 32.2. The van der Waals surface area contributed by atoms with Crippen molar-refractivity contribution in [2.75, 3.05) is 0 Å². The Kier molecular flexibility index (Phi) is 6.51. The van der Waals surface area contributed by atoms with Gasteiger partial charge in [-0.25, -0.2) is 23.2 Å². The van der Waals surface area contributed by atoms with Crippen molar-refractivity contribution in [3.05, 3.63) is 108 Å². The molecule has 0 bridgehead atoms. The largest absolute Gasteiger partial charge is 0.465 e. The molecular weight excluding hydrogens is 524 g/mol. The van der Waals surface area contributed by atoms with Crippen LogP contribution in [-0.2, 0) is 21.1 Å². The quantitative estimate of drug-likeness (QED) is 0.239. The summed E-state index contributed by atoms with van der Waals surface area (Å²) in [6.07, 6.45) is 2.93. The second kappa shape index (κ2) is 10.2. The SMILES string of the molecule is O=C(O)NC1(c2ccc(-c3nc4nc(S(=O)(=O)Cc5ccccc5)ncc4cc3-c3ccccc3)cc2)CCC1. The molecule has 200 valence electrons. The van der Waals surface area contributed by atoms with Crippen molar-refractivity contribution in [1.29, 1.82) is 0 Å². The second-order valence-corrected chi connectivity index (χ2v) is 11.9. The smallest absolute Gasteiger partial charge is 0.405 e. The number of nitrogens with one attached hydrogen (secondary N) is 1. The minimum atomic E-state index is -3.79. The van der Waals surface area contributed by atoms with Crippen LogP contribution in [0.4, 0.5) is 4.79 Å². The number of carboxylic acid groups (broad SMARTS) is 1. The average Bonchev–Trinajstić information content (AvgIpc) is 2.95. The number of aromatic nitrogens is 3. The highest BCUT2D eigenvalue weighted by Crippen LogP contribution is 2.42. The Morgan fingerprint density at radius 2 is 1.55 bits per heavy atom. The van der Waals surface area contributed by atoms with Gasteiger partial charge < -0.3 is 10.4 Å². The monoisotopic (exact) mass is 550 g/mol. The van der Waals surface area contributed by atoms with Gasteiger partial charge in [0, 0.05) is 22.7 Å². The molecule has 2 heterocycles. The summed E-state index contributed by atoms with van der Waals surface area (Å²) in [5, 5.41) is 12.4. The molecular formula is C31H26N4O4S. The number of rotatable bonds is 7. The lowest BCUT2D eigenvalue weighted by Gasteiger charge is -2.42. The molecule has 40 heavy (non-hydrogen) atoms. The molecule has 2 N–H and O–H groups in total. The van der Waals surface area contributed by atoms with E-state index in [4.69, 9.17) is 4.98 Å². The molecule has 9 heteroatoms. The number of carbonyl (C=O) groups is 1. The topological polar surface area (TPSA) is 122 Å². The third kappa shape index (κ3) is 4.91. The van der Waals surface area contributed by atoms with Gasteiger partial charge in [0.05, 0.1) is 17.0 Å². The van der Waals surface area contributed by atoms with Gasteiger partial charge >= 0.3 is 6.09 Å². The Balaban J connectivity index is 1.44. The number of benzene rings is 3. The van der Waals surface area contributed by atoms with E-state index in [0.717, 1.165) is 41.5 Å². The second-order valence-electron chi connectivity index (χ2n) is 10.0. The highest BCUT2D eigenvalue weighted by molar-refractivity contribution is 7.90. The molecule has 0 unspecified atom stereocenters. The molecule has 5 aromatic rings. The average molecular weight is 551 g/mol. The van der Waals surface area contributed by atoms with Crippen LogP contribution in [0.5, 0.6) is 0 Å². The first kappa shape index (κ1) is 25.6. The Morgan fingerprint density at radius 1 is 0.875 bits per heavy atom. The lowest BCUT2D eigenvalue weighted by molar-refractivity contribution is 0.144. The van der Waals surface area contributed by atoms with E-state index in [1.165, 1.54) is 6.20 Å². The zero-order valence-electron chi connectivity index (χ0n) is 21.5. The Bertz CT molecular complexity index is 1810. The lowest BCUT2D eigenvalue weighted by Crippen LogP contribution is -2.50. The van der Waals surface area contributed by atoms with Gasteiger partial charge in [0.1, 0.15) is 0 Å². The Morgan fingerprint density at radius 3 is 2.17 bits per heavy atom. The fraction of sp³-hybridized carbons (Fsp3) is 0.161. The summed E-state index contributed by atoms with van der Waals surface area (Å²) in [6, 6.07) is 28.4. The minimum absolute atomic E-state index is 0.206. The number of hydrogen-bond acceptors (Lipinski definition) is 6. The van der Waals surface area contributed by atoms with Gasteiger partial charge in [-0.15, -0.1) is 0 Å². The van der Waals surface area contributed by atoms with Crippen LogP contribution in [0.25, 0.3) is 33.4 Å². The van der Waals surface area contributed by atoms with Gasteiger partial charge in [-0.1, -0.05) is 84.9 Å². The van der Waals surface area contributed by atoms with Crippen LogP contribution in [-0.4, -0.2) is 34.6 Å². The first-order valence-corrected chi connectivity index (χ1v) is 14.6. The zero-order chi connectivity index (χ0) is 27.7. The van der Waals surface area contributed by atoms with E-state index in [2.05, 4.69) is 15.3 Å². The standard InChI is InChI=1S/C31H26N4O4S/c36-30(37)35-31(16-7-17-31)25-14-12-23(13-15-25)27-26(22-10-5-2-6-11-22)18-24-19-32-29(34-28(24)33-27)40(38,39)20-21-8-3-1-4-9-21/h1-6,8-15,18-19,35H,7,16-17,20H2,(H,36,37). The molecule has 0 saturated heterocycles. The molecule has 1 fully saturated rings. The van der Waals surface area contributed by atoms with E-state index in [0.29, 0.717) is 16.6 Å². The summed E-state index contributed by atoms with van der Waals surface area (Å²) in [6.45, 7) is 0. The fourth-order valence-corrected chi connectivity index (χ4v) is 6.38. The maximum absolute atomic E-state index is 13.1. The third-order valence-corrected chi connectivity index (χ3v) is 8.84. The van der Waals surface area contributed by atoms with Gasteiger partial charge in [0.2, 0.25) is 15.0 Å². The van der Waals surface area contributed by atoms with Crippen molar-refractivity contribution in [2.45, 2.75) is 35.7 Å². The molecule has 1 amide bonds. The van der Waals surface area contributed by atoms with Crippen molar-refractivity contribution in [1.82, 2.24) is 20.3 Å². The van der Waals surface area contributed by atoms with Crippen LogP contribution in [0.2, 0.25) is 0 Å². The lowest BCUT2D eigenvalue weighted by atomic mass is 9.71. The summed E-state index contributed by atoms with van der Waals surface area (Å²) < 4.78 is 26.3. The number of nitrogens with zero attached hydrogens (tertiary/aromatic N) is 3. The molecule has 8 nitrogen and oxygen atoms in total. The van der Waals surface area contributed by atoms with Crippen LogP contribution in [0.3, 0.4) is 0 Å². The van der Waals surface area contributed by atoms with Crippen LogP contribution in [0.1, 0.15) is 30.4 Å². The molecule has 0 aliphatic heterocycles. The number of fused-ring (bicyclic) bond motifs is 1. The molecule has 2 aromatic heterocycles. The third-order valence-electron chi connectivity index (χ3n) is 7.37. The van der Waals surface area contributed by atoms with E-state index >= 15 is 0 Å². The molecule has 3 aromatic carbocycles. The highest BCUT2D eigenvalue weighted by Gasteiger charge is 2.40. The number of sulfone groups is 1.